The van der Waals surface area contributed by atoms with Crippen LogP contribution in [0.3, 0.4) is 0 Å². The molecule has 2 atom stereocenters. The van der Waals surface area contributed by atoms with E-state index in [9.17, 15) is 0 Å². The van der Waals surface area contributed by atoms with Crippen LogP contribution < -0.4 is 5.32 Å². The fourth-order valence-electron chi connectivity index (χ4n) is 1.98. The summed E-state index contributed by atoms with van der Waals surface area (Å²) < 4.78 is 1.17. The Morgan fingerprint density at radius 1 is 1.46 bits per heavy atom. The van der Waals surface area contributed by atoms with Gasteiger partial charge >= 0.3 is 0 Å². The van der Waals surface area contributed by atoms with E-state index in [2.05, 4.69) is 52.4 Å². The van der Waals surface area contributed by atoms with Gasteiger partial charge in [0.15, 0.2) is 0 Å². The molecule has 0 radical (unpaired) electrons. The Morgan fingerprint density at radius 2 is 2.31 bits per heavy atom. The molecular formula is C11H14BrN. The monoisotopic (exact) mass is 239 g/mol. The van der Waals surface area contributed by atoms with Crippen LogP contribution in [-0.2, 0) is 0 Å². The number of rotatable bonds is 1. The van der Waals surface area contributed by atoms with E-state index >= 15 is 0 Å². The third-order valence-corrected chi connectivity index (χ3v) is 3.23. The Hall–Kier alpha value is -0.340. The van der Waals surface area contributed by atoms with E-state index in [1.54, 1.807) is 0 Å². The van der Waals surface area contributed by atoms with Gasteiger partial charge in [-0.2, -0.15) is 0 Å². The first kappa shape index (κ1) is 9.22. The van der Waals surface area contributed by atoms with Crippen molar-refractivity contribution in [2.24, 2.45) is 5.92 Å². The summed E-state index contributed by atoms with van der Waals surface area (Å²) in [6.45, 7) is 3.46. The second-order valence-electron chi connectivity index (χ2n) is 3.75. The molecule has 0 bridgehead atoms. The van der Waals surface area contributed by atoms with E-state index in [0.717, 1.165) is 12.5 Å². The third kappa shape index (κ3) is 1.94. The van der Waals surface area contributed by atoms with Crippen LogP contribution in [0.5, 0.6) is 0 Å². The van der Waals surface area contributed by atoms with Gasteiger partial charge in [-0.05, 0) is 36.6 Å². The van der Waals surface area contributed by atoms with E-state index in [0.29, 0.717) is 6.04 Å². The molecule has 0 spiro atoms. The molecule has 0 aliphatic carbocycles. The maximum absolute atomic E-state index is 3.53. The summed E-state index contributed by atoms with van der Waals surface area (Å²) in [6.07, 6.45) is 1.29. The van der Waals surface area contributed by atoms with Crippen molar-refractivity contribution in [3.63, 3.8) is 0 Å². The van der Waals surface area contributed by atoms with Crippen LogP contribution in [0.4, 0.5) is 0 Å². The normalized spacial score (nSPS) is 27.8. The van der Waals surface area contributed by atoms with Crippen molar-refractivity contribution < 1.29 is 0 Å². The molecule has 1 aliphatic rings. The smallest absolute Gasteiger partial charge is 0.0346 e. The first-order valence-electron chi connectivity index (χ1n) is 4.76. The molecule has 1 saturated heterocycles. The molecule has 1 aliphatic heterocycles. The molecule has 0 aromatic heterocycles. The van der Waals surface area contributed by atoms with E-state index in [4.69, 9.17) is 0 Å². The summed E-state index contributed by atoms with van der Waals surface area (Å²) >= 11 is 3.50. The average molecular weight is 240 g/mol. The van der Waals surface area contributed by atoms with Crippen LogP contribution in [0.25, 0.3) is 0 Å². The quantitative estimate of drug-likeness (QED) is 0.795. The Kier molecular flexibility index (Phi) is 2.70. The van der Waals surface area contributed by atoms with E-state index in [-0.39, 0.29) is 0 Å². The van der Waals surface area contributed by atoms with Gasteiger partial charge in [0.2, 0.25) is 0 Å². The van der Waals surface area contributed by atoms with Crippen LogP contribution in [0.1, 0.15) is 24.9 Å². The molecule has 1 aromatic carbocycles. The molecule has 2 heteroatoms. The van der Waals surface area contributed by atoms with Crippen LogP contribution in [-0.4, -0.2) is 6.54 Å². The first-order valence-corrected chi connectivity index (χ1v) is 5.55. The minimum atomic E-state index is 0.553. The topological polar surface area (TPSA) is 12.0 Å². The van der Waals surface area contributed by atoms with Gasteiger partial charge in [-0.3, -0.25) is 0 Å². The molecule has 1 aromatic rings. The Morgan fingerprint density at radius 3 is 2.92 bits per heavy atom. The fourth-order valence-corrected chi connectivity index (χ4v) is 2.40. The molecular weight excluding hydrogens is 226 g/mol. The minimum absolute atomic E-state index is 0.553. The highest BCUT2D eigenvalue weighted by Crippen LogP contribution is 2.30. The second kappa shape index (κ2) is 3.81. The standard InChI is InChI=1S/C11H14BrN/c1-8-5-6-13-11(8)9-3-2-4-10(12)7-9/h2-4,7-8,11,13H,5-6H2,1H3/t8-,11-/m1/s1. The molecule has 0 amide bonds. The van der Waals surface area contributed by atoms with Crippen LogP contribution >= 0.6 is 15.9 Å². The largest absolute Gasteiger partial charge is 0.310 e. The lowest BCUT2D eigenvalue weighted by molar-refractivity contribution is 0.503. The van der Waals surface area contributed by atoms with Crippen molar-refractivity contribution in [2.45, 2.75) is 19.4 Å². The molecule has 2 rings (SSSR count). The summed E-state index contributed by atoms with van der Waals surface area (Å²) in [7, 11) is 0. The molecule has 1 N–H and O–H groups in total. The number of halogens is 1. The summed E-state index contributed by atoms with van der Waals surface area (Å²) in [6, 6.07) is 9.14. The summed E-state index contributed by atoms with van der Waals surface area (Å²) in [5.41, 5.74) is 1.40. The predicted molar refractivity (Wildman–Crippen MR) is 58.7 cm³/mol. The minimum Gasteiger partial charge on any atom is -0.310 e. The number of hydrogen-bond acceptors (Lipinski definition) is 1. The molecule has 1 nitrogen and oxygen atoms in total. The zero-order valence-electron chi connectivity index (χ0n) is 7.76. The van der Waals surface area contributed by atoms with E-state index in [1.165, 1.54) is 16.5 Å². The third-order valence-electron chi connectivity index (χ3n) is 2.74. The Labute approximate surface area is 87.7 Å². The van der Waals surface area contributed by atoms with Crippen molar-refractivity contribution in [1.29, 1.82) is 0 Å². The van der Waals surface area contributed by atoms with Crippen molar-refractivity contribution in [3.8, 4) is 0 Å². The van der Waals surface area contributed by atoms with Gasteiger partial charge in [0, 0.05) is 10.5 Å². The molecule has 70 valence electrons. The number of benzene rings is 1. The van der Waals surface area contributed by atoms with Gasteiger partial charge in [0.1, 0.15) is 0 Å². The maximum atomic E-state index is 3.53. The van der Waals surface area contributed by atoms with Crippen LogP contribution in [0.15, 0.2) is 28.7 Å². The van der Waals surface area contributed by atoms with Crippen molar-refractivity contribution in [1.82, 2.24) is 5.32 Å². The highest BCUT2D eigenvalue weighted by molar-refractivity contribution is 9.10. The summed E-state index contributed by atoms with van der Waals surface area (Å²) in [5.74, 6) is 0.759. The summed E-state index contributed by atoms with van der Waals surface area (Å²) in [4.78, 5) is 0. The highest BCUT2D eigenvalue weighted by atomic mass is 79.9. The highest BCUT2D eigenvalue weighted by Gasteiger charge is 2.23. The fraction of sp³-hybridized carbons (Fsp3) is 0.455. The Bertz CT molecular complexity index is 298. The lowest BCUT2D eigenvalue weighted by Gasteiger charge is -2.16. The van der Waals surface area contributed by atoms with Crippen molar-refractivity contribution >= 4 is 15.9 Å². The first-order chi connectivity index (χ1) is 6.27. The predicted octanol–water partition coefficient (Wildman–Crippen LogP) is 3.12. The maximum Gasteiger partial charge on any atom is 0.0346 e. The molecule has 0 unspecified atom stereocenters. The van der Waals surface area contributed by atoms with Gasteiger partial charge in [0.05, 0.1) is 0 Å². The lowest BCUT2D eigenvalue weighted by Crippen LogP contribution is -2.16. The zero-order chi connectivity index (χ0) is 9.26. The van der Waals surface area contributed by atoms with Crippen LogP contribution in [0.2, 0.25) is 0 Å². The summed E-state index contributed by atoms with van der Waals surface area (Å²) in [5, 5.41) is 3.53. The lowest BCUT2D eigenvalue weighted by atomic mass is 9.96. The van der Waals surface area contributed by atoms with Crippen molar-refractivity contribution in [3.05, 3.63) is 34.3 Å². The van der Waals surface area contributed by atoms with Gasteiger partial charge in [0.25, 0.3) is 0 Å². The van der Waals surface area contributed by atoms with Crippen molar-refractivity contribution in [2.75, 3.05) is 6.54 Å². The van der Waals surface area contributed by atoms with E-state index < -0.39 is 0 Å². The Balaban J connectivity index is 2.24. The molecule has 13 heavy (non-hydrogen) atoms. The van der Waals surface area contributed by atoms with Gasteiger partial charge in [-0.25, -0.2) is 0 Å². The SMILES string of the molecule is C[C@@H]1CCN[C@H]1c1cccc(Br)c1. The van der Waals surface area contributed by atoms with E-state index in [1.807, 2.05) is 0 Å². The van der Waals surface area contributed by atoms with Gasteiger partial charge < -0.3 is 5.32 Å². The molecule has 1 heterocycles. The zero-order valence-corrected chi connectivity index (χ0v) is 9.34. The molecule has 0 saturated carbocycles. The number of nitrogens with one attached hydrogen (secondary N) is 1. The molecule has 1 fully saturated rings. The average Bonchev–Trinajstić information content (AvgIpc) is 2.51. The second-order valence-corrected chi connectivity index (χ2v) is 4.67. The van der Waals surface area contributed by atoms with Gasteiger partial charge in [-0.15, -0.1) is 0 Å². The van der Waals surface area contributed by atoms with Gasteiger partial charge in [-0.1, -0.05) is 35.0 Å². The number of hydrogen-bond donors (Lipinski definition) is 1. The van der Waals surface area contributed by atoms with Crippen LogP contribution in [0, 0.1) is 5.92 Å².